The smallest absolute Gasteiger partial charge is 0.221 e. The first-order valence-corrected chi connectivity index (χ1v) is 6.79. The van der Waals surface area contributed by atoms with Gasteiger partial charge in [-0.25, -0.2) is 0 Å². The summed E-state index contributed by atoms with van der Waals surface area (Å²) in [5.74, 6) is -0.0563. The summed E-state index contributed by atoms with van der Waals surface area (Å²) in [4.78, 5) is 11.5. The molecule has 0 aliphatic carbocycles. The summed E-state index contributed by atoms with van der Waals surface area (Å²) in [7, 11) is 1.80. The predicted molar refractivity (Wildman–Crippen MR) is 80.5 cm³/mol. The molecule has 0 aliphatic heterocycles. The van der Waals surface area contributed by atoms with Crippen molar-refractivity contribution in [2.75, 3.05) is 20.1 Å². The molecule has 1 amide bonds. The van der Waals surface area contributed by atoms with Crippen LogP contribution in [-0.2, 0) is 4.79 Å². The largest absolute Gasteiger partial charge is 0.387 e. The summed E-state index contributed by atoms with van der Waals surface area (Å²) >= 11 is 0. The average Bonchev–Trinajstić information content (AvgIpc) is 2.50. The van der Waals surface area contributed by atoms with E-state index in [0.29, 0.717) is 13.0 Å². The maximum Gasteiger partial charge on any atom is 0.221 e. The Morgan fingerprint density at radius 1 is 1.20 bits per heavy atom. The molecule has 2 rings (SSSR count). The Balaban J connectivity index is 1.97. The minimum absolute atomic E-state index is 0.0563. The van der Waals surface area contributed by atoms with Gasteiger partial charge in [-0.3, -0.25) is 4.79 Å². The minimum Gasteiger partial charge on any atom is -0.387 e. The number of carbonyl (C=O) groups is 1. The first-order valence-electron chi connectivity index (χ1n) is 6.79. The van der Waals surface area contributed by atoms with E-state index in [1.807, 2.05) is 42.5 Å². The van der Waals surface area contributed by atoms with Crippen molar-refractivity contribution in [1.82, 2.24) is 10.6 Å². The maximum absolute atomic E-state index is 11.5. The molecule has 0 bridgehead atoms. The zero-order valence-electron chi connectivity index (χ0n) is 11.6. The summed E-state index contributed by atoms with van der Waals surface area (Å²) in [5, 5.41) is 18.0. The number of benzene rings is 2. The van der Waals surface area contributed by atoms with Crippen molar-refractivity contribution in [1.29, 1.82) is 0 Å². The van der Waals surface area contributed by atoms with Gasteiger partial charge in [-0.1, -0.05) is 36.4 Å². The van der Waals surface area contributed by atoms with Gasteiger partial charge in [-0.15, -0.1) is 0 Å². The molecule has 0 aromatic heterocycles. The van der Waals surface area contributed by atoms with Crippen LogP contribution in [0.25, 0.3) is 10.8 Å². The van der Waals surface area contributed by atoms with Gasteiger partial charge in [0.05, 0.1) is 6.10 Å². The molecule has 2 aromatic carbocycles. The Labute approximate surface area is 118 Å². The number of rotatable bonds is 6. The monoisotopic (exact) mass is 272 g/mol. The Hall–Kier alpha value is -1.91. The molecule has 106 valence electrons. The number of carbonyl (C=O) groups excluding carboxylic acids is 1. The van der Waals surface area contributed by atoms with Gasteiger partial charge in [-0.05, 0) is 29.4 Å². The third-order valence-electron chi connectivity index (χ3n) is 3.25. The molecule has 0 saturated heterocycles. The average molecular weight is 272 g/mol. The molecular weight excluding hydrogens is 252 g/mol. The zero-order valence-corrected chi connectivity index (χ0v) is 11.6. The number of hydrogen-bond acceptors (Lipinski definition) is 3. The van der Waals surface area contributed by atoms with E-state index in [1.165, 1.54) is 0 Å². The third kappa shape index (κ3) is 3.79. The van der Waals surface area contributed by atoms with Crippen molar-refractivity contribution >= 4 is 16.7 Å². The van der Waals surface area contributed by atoms with Gasteiger partial charge in [-0.2, -0.15) is 0 Å². The van der Waals surface area contributed by atoms with Crippen LogP contribution in [0.4, 0.5) is 0 Å². The molecule has 0 radical (unpaired) electrons. The predicted octanol–water partition coefficient (Wildman–Crippen LogP) is 1.60. The fraction of sp³-hybridized carbons (Fsp3) is 0.312. The quantitative estimate of drug-likeness (QED) is 0.748. The Morgan fingerprint density at radius 3 is 2.70 bits per heavy atom. The molecule has 0 fully saturated rings. The molecule has 2 aromatic rings. The van der Waals surface area contributed by atoms with E-state index in [0.717, 1.165) is 16.3 Å². The Morgan fingerprint density at radius 2 is 1.95 bits per heavy atom. The van der Waals surface area contributed by atoms with Crippen LogP contribution in [0.2, 0.25) is 0 Å². The van der Waals surface area contributed by atoms with Gasteiger partial charge >= 0.3 is 0 Å². The maximum atomic E-state index is 11.5. The lowest BCUT2D eigenvalue weighted by molar-refractivity contribution is -0.121. The van der Waals surface area contributed by atoms with E-state index in [2.05, 4.69) is 10.6 Å². The number of amides is 1. The van der Waals surface area contributed by atoms with Crippen LogP contribution in [0.3, 0.4) is 0 Å². The van der Waals surface area contributed by atoms with Crippen LogP contribution in [0, 0.1) is 0 Å². The zero-order chi connectivity index (χ0) is 14.4. The number of aliphatic hydroxyl groups excluding tert-OH is 1. The second-order valence-corrected chi connectivity index (χ2v) is 4.78. The molecular formula is C16H20N2O2. The topological polar surface area (TPSA) is 61.4 Å². The van der Waals surface area contributed by atoms with Crippen LogP contribution in [0.1, 0.15) is 18.1 Å². The van der Waals surface area contributed by atoms with Crippen molar-refractivity contribution in [3.8, 4) is 0 Å². The van der Waals surface area contributed by atoms with Crippen molar-refractivity contribution < 1.29 is 9.90 Å². The SMILES string of the molecule is CNCCC(=O)NCC(O)c1ccc2ccccc2c1. The van der Waals surface area contributed by atoms with Gasteiger partial charge in [0, 0.05) is 19.5 Å². The summed E-state index contributed by atoms with van der Waals surface area (Å²) in [6.07, 6.45) is -0.265. The Bertz CT molecular complexity index is 583. The van der Waals surface area contributed by atoms with E-state index in [4.69, 9.17) is 0 Å². The summed E-state index contributed by atoms with van der Waals surface area (Å²) < 4.78 is 0. The van der Waals surface area contributed by atoms with Gasteiger partial charge in [0.1, 0.15) is 0 Å². The molecule has 4 heteroatoms. The lowest BCUT2D eigenvalue weighted by atomic mass is 10.0. The van der Waals surface area contributed by atoms with E-state index in [9.17, 15) is 9.90 Å². The van der Waals surface area contributed by atoms with E-state index in [1.54, 1.807) is 7.05 Å². The summed E-state index contributed by atoms with van der Waals surface area (Å²) in [5.41, 5.74) is 0.817. The summed E-state index contributed by atoms with van der Waals surface area (Å²) in [6.45, 7) is 0.874. The Kier molecular flexibility index (Phi) is 5.09. The van der Waals surface area contributed by atoms with Gasteiger partial charge in [0.15, 0.2) is 0 Å². The highest BCUT2D eigenvalue weighted by atomic mass is 16.3. The molecule has 0 spiro atoms. The molecule has 0 heterocycles. The minimum atomic E-state index is -0.682. The molecule has 1 atom stereocenters. The highest BCUT2D eigenvalue weighted by Crippen LogP contribution is 2.19. The molecule has 3 N–H and O–H groups in total. The van der Waals surface area contributed by atoms with Gasteiger partial charge < -0.3 is 15.7 Å². The standard InChI is InChI=1S/C16H20N2O2/c1-17-9-8-16(20)18-11-15(19)14-7-6-12-4-2-3-5-13(12)10-14/h2-7,10,15,17,19H,8-9,11H2,1H3,(H,18,20). The third-order valence-corrected chi connectivity index (χ3v) is 3.25. The highest BCUT2D eigenvalue weighted by molar-refractivity contribution is 5.83. The fourth-order valence-electron chi connectivity index (χ4n) is 2.07. The molecule has 20 heavy (non-hydrogen) atoms. The van der Waals surface area contributed by atoms with Gasteiger partial charge in [0.2, 0.25) is 5.91 Å². The number of hydrogen-bond donors (Lipinski definition) is 3. The van der Waals surface area contributed by atoms with Crippen LogP contribution < -0.4 is 10.6 Å². The first kappa shape index (κ1) is 14.5. The summed E-state index contributed by atoms with van der Waals surface area (Å²) in [6, 6.07) is 13.8. The normalized spacial score (nSPS) is 12.3. The first-order chi connectivity index (χ1) is 9.70. The fourth-order valence-corrected chi connectivity index (χ4v) is 2.07. The van der Waals surface area contributed by atoms with E-state index >= 15 is 0 Å². The number of fused-ring (bicyclic) bond motifs is 1. The van der Waals surface area contributed by atoms with Crippen molar-refractivity contribution in [3.05, 3.63) is 48.0 Å². The molecule has 0 saturated carbocycles. The van der Waals surface area contributed by atoms with Crippen LogP contribution >= 0.6 is 0 Å². The lowest BCUT2D eigenvalue weighted by Gasteiger charge is -2.13. The lowest BCUT2D eigenvalue weighted by Crippen LogP contribution is -2.30. The van der Waals surface area contributed by atoms with Crippen LogP contribution in [0.15, 0.2) is 42.5 Å². The van der Waals surface area contributed by atoms with Crippen molar-refractivity contribution in [3.63, 3.8) is 0 Å². The molecule has 1 unspecified atom stereocenters. The van der Waals surface area contributed by atoms with Crippen molar-refractivity contribution in [2.45, 2.75) is 12.5 Å². The molecule has 0 aliphatic rings. The van der Waals surface area contributed by atoms with Gasteiger partial charge in [0.25, 0.3) is 0 Å². The van der Waals surface area contributed by atoms with Crippen LogP contribution in [-0.4, -0.2) is 31.2 Å². The highest BCUT2D eigenvalue weighted by Gasteiger charge is 2.09. The van der Waals surface area contributed by atoms with Crippen LogP contribution in [0.5, 0.6) is 0 Å². The van der Waals surface area contributed by atoms with E-state index < -0.39 is 6.10 Å². The second-order valence-electron chi connectivity index (χ2n) is 4.78. The number of aliphatic hydroxyl groups is 1. The van der Waals surface area contributed by atoms with E-state index in [-0.39, 0.29) is 12.5 Å². The molecule has 4 nitrogen and oxygen atoms in total. The number of nitrogens with one attached hydrogen (secondary N) is 2. The van der Waals surface area contributed by atoms with Crippen molar-refractivity contribution in [2.24, 2.45) is 0 Å². The second kappa shape index (κ2) is 7.03.